The van der Waals surface area contributed by atoms with Crippen molar-refractivity contribution in [2.45, 2.75) is 27.7 Å². The Bertz CT molecular complexity index is 209. The van der Waals surface area contributed by atoms with Gasteiger partial charge in [0.25, 0.3) is 23.9 Å². The van der Waals surface area contributed by atoms with Crippen molar-refractivity contribution >= 4 is 53.4 Å². The van der Waals surface area contributed by atoms with Crippen molar-refractivity contribution in [2.75, 3.05) is 13.1 Å². The number of hydrogen-bond acceptors (Lipinski definition) is 7. The maximum atomic E-state index is 9.00. The maximum absolute atomic E-state index is 9.00. The number of nitrogens with one attached hydrogen (secondary N) is 1. The molecule has 0 aromatic heterocycles. The molecule has 0 saturated heterocycles. The molecule has 22 heavy (non-hydrogen) atoms. The summed E-state index contributed by atoms with van der Waals surface area (Å²) >= 11 is 0. The summed E-state index contributed by atoms with van der Waals surface area (Å²) in [5.41, 5.74) is 6.81. The predicted octanol–water partition coefficient (Wildman–Crippen LogP) is -1.09. The van der Waals surface area contributed by atoms with E-state index in [1.807, 2.05) is 5.48 Å². The van der Waals surface area contributed by atoms with Crippen molar-refractivity contribution < 1.29 is 44.8 Å². The smallest absolute Gasteiger partial charge is 0.300 e. The summed E-state index contributed by atoms with van der Waals surface area (Å²) in [4.78, 5) is 36.0. The van der Waals surface area contributed by atoms with Gasteiger partial charge >= 0.3 is 0 Å². The second-order valence-corrected chi connectivity index (χ2v) is 2.77. The minimum absolute atomic E-state index is 0. The number of aliphatic carboxylic acids is 4. The Balaban J connectivity index is -0.0000000361. The van der Waals surface area contributed by atoms with E-state index < -0.39 is 23.9 Å². The Kier molecular flexibility index (Phi) is 62.1. The molecule has 0 amide bonds. The van der Waals surface area contributed by atoms with Gasteiger partial charge < -0.3 is 31.4 Å². The molecule has 0 saturated carbocycles. The molecule has 0 fully saturated rings. The molecule has 0 heterocycles. The zero-order chi connectivity index (χ0) is 18.4. The number of carbonyl (C=O) groups is 4. The molecule has 0 aliphatic heterocycles. The third-order valence-corrected chi connectivity index (χ3v) is 0.256. The van der Waals surface area contributed by atoms with Crippen LogP contribution >= 0.6 is 0 Å². The van der Waals surface area contributed by atoms with Crippen LogP contribution in [0.2, 0.25) is 0 Å². The third-order valence-electron chi connectivity index (χ3n) is 0.256. The van der Waals surface area contributed by atoms with E-state index in [1.54, 1.807) is 0 Å². The number of hydrogen-bond donors (Lipinski definition) is 7. The molecule has 0 bridgehead atoms. The number of nitrogens with two attached hydrogens (primary N) is 1. The van der Waals surface area contributed by atoms with Crippen molar-refractivity contribution in [1.82, 2.24) is 5.48 Å². The molecule has 0 spiro atoms. The van der Waals surface area contributed by atoms with Gasteiger partial charge in [0.15, 0.2) is 0 Å². The molecular formula is C10H24N2NaO9. The van der Waals surface area contributed by atoms with Gasteiger partial charge in [-0.1, -0.05) is 0 Å². The van der Waals surface area contributed by atoms with Gasteiger partial charge in [-0.3, -0.25) is 19.2 Å². The van der Waals surface area contributed by atoms with E-state index in [0.29, 0.717) is 13.1 Å². The topological polar surface area (TPSA) is 207 Å². The third kappa shape index (κ3) is 10200. The van der Waals surface area contributed by atoms with Crippen LogP contribution in [0.4, 0.5) is 0 Å². The van der Waals surface area contributed by atoms with E-state index in [2.05, 4.69) is 0 Å². The van der Waals surface area contributed by atoms with Crippen molar-refractivity contribution in [3.8, 4) is 0 Å². The maximum Gasteiger partial charge on any atom is 0.300 e. The molecule has 0 aliphatic rings. The van der Waals surface area contributed by atoms with Crippen LogP contribution in [0.25, 0.3) is 0 Å². The van der Waals surface area contributed by atoms with Crippen LogP contribution in [0.5, 0.6) is 0 Å². The fourth-order valence-electron chi connectivity index (χ4n) is 0.0645. The van der Waals surface area contributed by atoms with E-state index in [4.69, 9.17) is 50.5 Å². The molecule has 1 radical (unpaired) electrons. The molecule has 0 aromatic carbocycles. The average Bonchev–Trinajstić information content (AvgIpc) is 2.14. The van der Waals surface area contributed by atoms with Gasteiger partial charge in [-0.2, -0.15) is 0 Å². The number of rotatable bonds is 2. The van der Waals surface area contributed by atoms with Gasteiger partial charge in [0.05, 0.1) is 0 Å². The van der Waals surface area contributed by atoms with Crippen molar-refractivity contribution in [3.05, 3.63) is 0 Å². The summed E-state index contributed by atoms with van der Waals surface area (Å²) in [7, 11) is 0. The fourth-order valence-corrected chi connectivity index (χ4v) is 0.0645. The Morgan fingerprint density at radius 2 is 0.909 bits per heavy atom. The van der Waals surface area contributed by atoms with Crippen LogP contribution in [0.3, 0.4) is 0 Å². The van der Waals surface area contributed by atoms with Gasteiger partial charge in [-0.25, -0.2) is 5.48 Å². The van der Waals surface area contributed by atoms with E-state index in [0.717, 1.165) is 27.7 Å². The van der Waals surface area contributed by atoms with Crippen LogP contribution in [0.1, 0.15) is 27.7 Å². The van der Waals surface area contributed by atoms with Gasteiger partial charge in [-0.15, -0.1) is 0 Å². The molecule has 12 heteroatoms. The van der Waals surface area contributed by atoms with E-state index in [1.165, 1.54) is 0 Å². The number of hydroxylamine groups is 1. The summed E-state index contributed by atoms with van der Waals surface area (Å²) < 4.78 is 0. The second kappa shape index (κ2) is 36.7. The molecular weight excluding hydrogens is 315 g/mol. The molecule has 0 atom stereocenters. The average molecular weight is 339 g/mol. The Labute approximate surface area is 150 Å². The first-order chi connectivity index (χ1) is 9.34. The van der Waals surface area contributed by atoms with Gasteiger partial charge in [-0.05, 0) is 0 Å². The Morgan fingerprint density at radius 3 is 0.909 bits per heavy atom. The fraction of sp³-hybridized carbons (Fsp3) is 0.600. The van der Waals surface area contributed by atoms with E-state index >= 15 is 0 Å². The van der Waals surface area contributed by atoms with Crippen LogP contribution < -0.4 is 11.2 Å². The second-order valence-electron chi connectivity index (χ2n) is 2.77. The minimum atomic E-state index is -0.833. The zero-order valence-corrected chi connectivity index (χ0v) is 15.4. The molecule has 11 nitrogen and oxygen atoms in total. The Morgan fingerprint density at radius 1 is 0.773 bits per heavy atom. The molecule has 0 rings (SSSR count). The van der Waals surface area contributed by atoms with Gasteiger partial charge in [0.2, 0.25) is 0 Å². The quantitative estimate of drug-likeness (QED) is 0.237. The number of carboxylic acid groups (broad SMARTS) is 4. The molecule has 0 unspecified atom stereocenters. The minimum Gasteiger partial charge on any atom is -0.481 e. The van der Waals surface area contributed by atoms with Crippen LogP contribution in [-0.4, -0.2) is 92.2 Å². The predicted molar refractivity (Wildman–Crippen MR) is 77.8 cm³/mol. The first-order valence-electron chi connectivity index (χ1n) is 5.20. The molecule has 0 aliphatic carbocycles. The Hall–Kier alpha value is -1.24. The monoisotopic (exact) mass is 339 g/mol. The summed E-state index contributed by atoms with van der Waals surface area (Å²) in [6.07, 6.45) is 0. The van der Waals surface area contributed by atoms with Crippen LogP contribution in [-0.2, 0) is 19.2 Å². The standard InChI is InChI=1S/C2H8N2O.4C2H4O2.Na/c3-1-2-4-5;4*1-2(3)4;/h4-5H,1-3H2;4*1H3,(H,3,4);. The van der Waals surface area contributed by atoms with Crippen molar-refractivity contribution in [2.24, 2.45) is 5.73 Å². The van der Waals surface area contributed by atoms with Crippen LogP contribution in [0, 0.1) is 0 Å². The van der Waals surface area contributed by atoms with Gasteiger partial charge in [0, 0.05) is 70.3 Å². The largest absolute Gasteiger partial charge is 0.481 e. The summed E-state index contributed by atoms with van der Waals surface area (Å²) in [5.74, 6) is -3.33. The van der Waals surface area contributed by atoms with Crippen LogP contribution in [0.15, 0.2) is 0 Å². The normalized spacial score (nSPS) is 6.45. The molecule has 129 valence electrons. The first-order valence-corrected chi connectivity index (χ1v) is 5.20. The van der Waals surface area contributed by atoms with E-state index in [9.17, 15) is 0 Å². The molecule has 0 aromatic rings. The SMILES string of the molecule is CC(=O)O.CC(=O)O.CC(=O)O.CC(=O)O.NCCNO.[Na]. The van der Waals surface area contributed by atoms with Gasteiger partial charge in [0.1, 0.15) is 0 Å². The summed E-state index contributed by atoms with van der Waals surface area (Å²) in [6.45, 7) is 5.29. The van der Waals surface area contributed by atoms with Crippen molar-refractivity contribution in [3.63, 3.8) is 0 Å². The van der Waals surface area contributed by atoms with E-state index in [-0.39, 0.29) is 29.6 Å². The number of carboxylic acids is 4. The summed E-state index contributed by atoms with van der Waals surface area (Å²) in [5, 5.41) is 37.4. The summed E-state index contributed by atoms with van der Waals surface area (Å²) in [6, 6.07) is 0. The van der Waals surface area contributed by atoms with Crippen molar-refractivity contribution in [1.29, 1.82) is 0 Å². The molecule has 8 N–H and O–H groups in total. The first kappa shape index (κ1) is 37.2. The zero-order valence-electron chi connectivity index (χ0n) is 13.4.